The van der Waals surface area contributed by atoms with Crippen LogP contribution >= 0.6 is 23.6 Å². The number of carbonyl (C=O) groups excluding carboxylic acids is 1. The van der Waals surface area contributed by atoms with Gasteiger partial charge in [-0.15, -0.1) is 11.3 Å². The van der Waals surface area contributed by atoms with Crippen molar-refractivity contribution in [2.75, 3.05) is 0 Å². The molecule has 5 rings (SSSR count). The van der Waals surface area contributed by atoms with E-state index in [1.807, 2.05) is 22.1 Å². The fourth-order valence-corrected chi connectivity index (χ4v) is 6.05. The average Bonchev–Trinajstić information content (AvgIpc) is 3.11. The second-order valence-electron chi connectivity index (χ2n) is 7.31. The summed E-state index contributed by atoms with van der Waals surface area (Å²) >= 11 is 6.95. The molecule has 2 aromatic heterocycles. The minimum absolute atomic E-state index is 0.147. The maximum Gasteiger partial charge on any atom is 0.222 e. The van der Waals surface area contributed by atoms with Crippen LogP contribution in [0.3, 0.4) is 0 Å². The highest BCUT2D eigenvalue weighted by Gasteiger charge is 2.65. The van der Waals surface area contributed by atoms with Crippen LogP contribution in [0, 0.1) is 28.4 Å². The topological polar surface area (TPSA) is 62.7 Å². The molecule has 24 heavy (non-hydrogen) atoms. The van der Waals surface area contributed by atoms with Gasteiger partial charge in [-0.2, -0.15) is 5.10 Å². The first kappa shape index (κ1) is 14.8. The number of amides is 1. The summed E-state index contributed by atoms with van der Waals surface area (Å²) in [7, 11) is 0. The van der Waals surface area contributed by atoms with Gasteiger partial charge in [0.25, 0.3) is 0 Å². The molecule has 0 spiro atoms. The SMILES string of the molecule is O=C(CCn1c(-c2cccs2)n[nH]c1=S)NC1[C@@H]2[C@H]3CC[C@@H](C3)[C@@H]12. The highest BCUT2D eigenvalue weighted by atomic mass is 32.1. The normalized spacial score (nSPS) is 32.8. The Balaban J connectivity index is 1.22. The Morgan fingerprint density at radius 3 is 2.92 bits per heavy atom. The van der Waals surface area contributed by atoms with Crippen molar-refractivity contribution in [3.63, 3.8) is 0 Å². The molecule has 3 aliphatic rings. The van der Waals surface area contributed by atoms with Crippen molar-refractivity contribution >= 4 is 29.5 Å². The van der Waals surface area contributed by atoms with E-state index in [0.717, 1.165) is 34.4 Å². The zero-order valence-electron chi connectivity index (χ0n) is 13.3. The van der Waals surface area contributed by atoms with E-state index < -0.39 is 0 Å². The molecule has 2 N–H and O–H groups in total. The Labute approximate surface area is 149 Å². The highest BCUT2D eigenvalue weighted by molar-refractivity contribution is 7.71. The number of nitrogens with zero attached hydrogens (tertiary/aromatic N) is 2. The van der Waals surface area contributed by atoms with Gasteiger partial charge < -0.3 is 5.32 Å². The minimum atomic E-state index is 0.147. The van der Waals surface area contributed by atoms with Crippen molar-refractivity contribution in [2.24, 2.45) is 23.7 Å². The van der Waals surface area contributed by atoms with E-state index in [2.05, 4.69) is 15.5 Å². The van der Waals surface area contributed by atoms with Gasteiger partial charge in [-0.1, -0.05) is 6.07 Å². The van der Waals surface area contributed by atoms with Crippen molar-refractivity contribution in [3.8, 4) is 10.7 Å². The predicted octanol–water partition coefficient (Wildman–Crippen LogP) is 3.22. The quantitative estimate of drug-likeness (QED) is 0.805. The monoisotopic (exact) mass is 360 g/mol. The van der Waals surface area contributed by atoms with E-state index in [-0.39, 0.29) is 5.91 Å². The second kappa shape index (κ2) is 5.52. The lowest BCUT2D eigenvalue weighted by atomic mass is 10.0. The molecule has 1 amide bonds. The number of hydrogen-bond acceptors (Lipinski definition) is 4. The number of thiophene rings is 1. The Kier molecular flexibility index (Phi) is 3.42. The summed E-state index contributed by atoms with van der Waals surface area (Å²) in [4.78, 5) is 13.4. The van der Waals surface area contributed by atoms with Crippen molar-refractivity contribution in [3.05, 3.63) is 22.3 Å². The lowest BCUT2D eigenvalue weighted by Gasteiger charge is -2.11. The number of hydrogen-bond donors (Lipinski definition) is 2. The summed E-state index contributed by atoms with van der Waals surface area (Å²) in [5, 5.41) is 12.5. The maximum atomic E-state index is 12.4. The summed E-state index contributed by atoms with van der Waals surface area (Å²) in [6.45, 7) is 0.573. The number of fused-ring (bicyclic) bond motifs is 5. The van der Waals surface area contributed by atoms with Crippen molar-refractivity contribution < 1.29 is 4.79 Å². The molecule has 3 fully saturated rings. The third-order valence-corrected chi connectivity index (χ3v) is 7.30. The standard InChI is InChI=1S/C17H20N4OS2/c22-12(18-15-13-9-3-4-10(8-9)14(13)15)5-6-21-16(19-20-17(21)23)11-2-1-7-24-11/h1-2,7,9-10,13-15H,3-6,8H2,(H,18,22)(H,20,23)/t9-,10-,13+,14+/m0/s1. The Hall–Kier alpha value is -1.47. The van der Waals surface area contributed by atoms with Crippen LogP contribution in [0.25, 0.3) is 10.7 Å². The molecule has 2 bridgehead atoms. The third-order valence-electron chi connectivity index (χ3n) is 6.13. The predicted molar refractivity (Wildman–Crippen MR) is 95.1 cm³/mol. The molecular formula is C17H20N4OS2. The smallest absolute Gasteiger partial charge is 0.222 e. The lowest BCUT2D eigenvalue weighted by molar-refractivity contribution is -0.121. The van der Waals surface area contributed by atoms with E-state index in [9.17, 15) is 4.79 Å². The van der Waals surface area contributed by atoms with Crippen LogP contribution in [0.1, 0.15) is 25.7 Å². The van der Waals surface area contributed by atoms with Crippen LogP contribution < -0.4 is 5.32 Å². The van der Waals surface area contributed by atoms with Crippen LogP contribution in [0.4, 0.5) is 0 Å². The van der Waals surface area contributed by atoms with Gasteiger partial charge in [0.15, 0.2) is 10.6 Å². The van der Waals surface area contributed by atoms with Gasteiger partial charge in [0.2, 0.25) is 5.91 Å². The molecule has 0 unspecified atom stereocenters. The summed E-state index contributed by atoms with van der Waals surface area (Å²) in [6.07, 6.45) is 4.63. The molecule has 126 valence electrons. The van der Waals surface area contributed by atoms with Crippen molar-refractivity contribution in [1.29, 1.82) is 0 Å². The van der Waals surface area contributed by atoms with Gasteiger partial charge >= 0.3 is 0 Å². The molecular weight excluding hydrogens is 340 g/mol. The first-order chi connectivity index (χ1) is 11.7. The molecule has 2 heterocycles. The molecule has 7 heteroatoms. The summed E-state index contributed by atoms with van der Waals surface area (Å²) < 4.78 is 2.51. The Bertz CT molecular complexity index is 808. The molecule has 0 aliphatic heterocycles. The van der Waals surface area contributed by atoms with Crippen LogP contribution in [-0.4, -0.2) is 26.7 Å². The number of aromatic amines is 1. The number of rotatable bonds is 5. The first-order valence-corrected chi connectivity index (χ1v) is 9.99. The molecule has 4 atom stereocenters. The number of H-pyrrole nitrogens is 1. The van der Waals surface area contributed by atoms with Gasteiger partial charge in [-0.3, -0.25) is 14.5 Å². The molecule has 3 saturated carbocycles. The third kappa shape index (κ3) is 2.29. The molecule has 0 saturated heterocycles. The van der Waals surface area contributed by atoms with Crippen LogP contribution in [0.15, 0.2) is 17.5 Å². The first-order valence-electron chi connectivity index (χ1n) is 8.71. The van der Waals surface area contributed by atoms with E-state index in [0.29, 0.717) is 23.8 Å². The average molecular weight is 361 g/mol. The largest absolute Gasteiger partial charge is 0.353 e. The Morgan fingerprint density at radius 1 is 1.42 bits per heavy atom. The molecule has 0 aromatic carbocycles. The van der Waals surface area contributed by atoms with Crippen LogP contribution in [-0.2, 0) is 11.3 Å². The summed E-state index contributed by atoms with van der Waals surface area (Å²) in [5.74, 6) is 4.31. The molecule has 3 aliphatic carbocycles. The second-order valence-corrected chi connectivity index (χ2v) is 8.65. The lowest BCUT2D eigenvalue weighted by Crippen LogP contribution is -2.30. The van der Waals surface area contributed by atoms with E-state index in [1.54, 1.807) is 11.3 Å². The van der Waals surface area contributed by atoms with Crippen molar-refractivity contribution in [1.82, 2.24) is 20.1 Å². The van der Waals surface area contributed by atoms with Crippen LogP contribution in [0.5, 0.6) is 0 Å². The minimum Gasteiger partial charge on any atom is -0.353 e. The van der Waals surface area contributed by atoms with Gasteiger partial charge in [-0.05, 0) is 66.6 Å². The fraction of sp³-hybridized carbons (Fsp3) is 0.588. The van der Waals surface area contributed by atoms with E-state index in [1.165, 1.54) is 19.3 Å². The van der Waals surface area contributed by atoms with Crippen LogP contribution in [0.2, 0.25) is 0 Å². The van der Waals surface area contributed by atoms with E-state index in [4.69, 9.17) is 12.2 Å². The number of nitrogens with one attached hydrogen (secondary N) is 2. The van der Waals surface area contributed by atoms with Gasteiger partial charge in [0, 0.05) is 19.0 Å². The zero-order chi connectivity index (χ0) is 16.3. The van der Waals surface area contributed by atoms with Gasteiger partial charge in [-0.25, -0.2) is 0 Å². The summed E-state index contributed by atoms with van der Waals surface area (Å²) in [6, 6.07) is 4.47. The molecule has 5 nitrogen and oxygen atoms in total. The van der Waals surface area contributed by atoms with Gasteiger partial charge in [0.05, 0.1) is 4.88 Å². The number of aromatic nitrogens is 3. The Morgan fingerprint density at radius 2 is 2.21 bits per heavy atom. The van der Waals surface area contributed by atoms with Gasteiger partial charge in [0.1, 0.15) is 0 Å². The highest BCUT2D eigenvalue weighted by Crippen LogP contribution is 2.65. The zero-order valence-corrected chi connectivity index (χ0v) is 14.9. The fourth-order valence-electron chi connectivity index (χ4n) is 5.11. The number of carbonyl (C=O) groups is 1. The molecule has 0 radical (unpaired) electrons. The summed E-state index contributed by atoms with van der Waals surface area (Å²) in [5.41, 5.74) is 0. The van der Waals surface area contributed by atoms with E-state index >= 15 is 0 Å². The van der Waals surface area contributed by atoms with Crippen molar-refractivity contribution in [2.45, 2.75) is 38.3 Å². The maximum absolute atomic E-state index is 12.4. The molecule has 2 aromatic rings.